The second-order valence-corrected chi connectivity index (χ2v) is 8.20. The highest BCUT2D eigenvalue weighted by Crippen LogP contribution is 2.23. The second kappa shape index (κ2) is 8.08. The zero-order valence-corrected chi connectivity index (χ0v) is 17.5. The molecule has 0 aliphatic carbocycles. The van der Waals surface area contributed by atoms with Crippen molar-refractivity contribution in [3.8, 4) is 0 Å². The van der Waals surface area contributed by atoms with E-state index in [9.17, 15) is 19.2 Å². The molecule has 2 aliphatic rings. The standard InChI is InChI=1S/C20H28N6O4/c1-22-17-16(19(29)23(2)20(22)30)25(13-21-17)11-6-8-15(27)26-12-5-7-14(26)18(28)24-9-3-4-10-24/h13-14H,3-12H2,1-2H3/t14-/m0/s1. The van der Waals surface area contributed by atoms with Crippen LogP contribution in [-0.2, 0) is 30.2 Å². The molecule has 0 saturated carbocycles. The number of fused-ring (bicyclic) bond motifs is 1. The van der Waals surface area contributed by atoms with Gasteiger partial charge in [-0.2, -0.15) is 0 Å². The lowest BCUT2D eigenvalue weighted by atomic mass is 10.2. The zero-order chi connectivity index (χ0) is 21.4. The molecule has 2 aromatic rings. The SMILES string of the molecule is Cn1c(=O)c2c(ncn2CCCC(=O)N2CCC[C@H]2C(=O)N2CCCC2)n(C)c1=O. The van der Waals surface area contributed by atoms with Crippen molar-refractivity contribution < 1.29 is 9.59 Å². The molecule has 0 spiro atoms. The van der Waals surface area contributed by atoms with E-state index in [0.29, 0.717) is 37.1 Å². The van der Waals surface area contributed by atoms with Gasteiger partial charge >= 0.3 is 5.69 Å². The molecule has 0 aromatic carbocycles. The van der Waals surface area contributed by atoms with Gasteiger partial charge in [0.2, 0.25) is 11.8 Å². The summed E-state index contributed by atoms with van der Waals surface area (Å²) in [5, 5.41) is 0. The van der Waals surface area contributed by atoms with Crippen molar-refractivity contribution in [1.82, 2.24) is 28.5 Å². The number of carbonyl (C=O) groups excluding carboxylic acids is 2. The number of aryl methyl sites for hydroxylation is 2. The average Bonchev–Trinajstić information content (AvgIpc) is 3.50. The fourth-order valence-corrected chi connectivity index (χ4v) is 4.58. The lowest BCUT2D eigenvalue weighted by Crippen LogP contribution is -2.46. The van der Waals surface area contributed by atoms with Gasteiger partial charge in [0.05, 0.1) is 6.33 Å². The van der Waals surface area contributed by atoms with Crippen LogP contribution in [0.4, 0.5) is 0 Å². The molecule has 10 heteroatoms. The van der Waals surface area contributed by atoms with Crippen molar-refractivity contribution in [3.63, 3.8) is 0 Å². The smallest absolute Gasteiger partial charge is 0.332 e. The van der Waals surface area contributed by atoms with Gasteiger partial charge in [-0.3, -0.25) is 23.5 Å². The third-order valence-electron chi connectivity index (χ3n) is 6.28. The van der Waals surface area contributed by atoms with Gasteiger partial charge in [0.15, 0.2) is 11.2 Å². The normalized spacial score (nSPS) is 19.2. The predicted octanol–water partition coefficient (Wildman–Crippen LogP) is -0.173. The maximum atomic E-state index is 12.8. The first-order chi connectivity index (χ1) is 14.4. The van der Waals surface area contributed by atoms with E-state index in [1.807, 2.05) is 4.90 Å². The van der Waals surface area contributed by atoms with E-state index >= 15 is 0 Å². The van der Waals surface area contributed by atoms with Gasteiger partial charge in [-0.15, -0.1) is 0 Å². The number of carbonyl (C=O) groups is 2. The number of imidazole rings is 1. The van der Waals surface area contributed by atoms with Gasteiger partial charge in [0.1, 0.15) is 6.04 Å². The van der Waals surface area contributed by atoms with Crippen LogP contribution in [0, 0.1) is 0 Å². The minimum atomic E-state index is -0.421. The highest BCUT2D eigenvalue weighted by atomic mass is 16.2. The summed E-state index contributed by atoms with van der Waals surface area (Å²) in [6.07, 6.45) is 6.02. The minimum Gasteiger partial charge on any atom is -0.341 e. The molecule has 30 heavy (non-hydrogen) atoms. The molecule has 2 saturated heterocycles. The van der Waals surface area contributed by atoms with Crippen LogP contribution in [0.5, 0.6) is 0 Å². The maximum absolute atomic E-state index is 12.8. The predicted molar refractivity (Wildman–Crippen MR) is 110 cm³/mol. The van der Waals surface area contributed by atoms with E-state index in [4.69, 9.17) is 0 Å². The molecule has 162 valence electrons. The summed E-state index contributed by atoms with van der Waals surface area (Å²) in [5.41, 5.74) is -0.121. The van der Waals surface area contributed by atoms with Crippen molar-refractivity contribution in [2.45, 2.75) is 51.1 Å². The average molecular weight is 416 g/mol. The monoisotopic (exact) mass is 416 g/mol. The Balaban J connectivity index is 1.42. The summed E-state index contributed by atoms with van der Waals surface area (Å²) in [4.78, 5) is 57.9. The fourth-order valence-electron chi connectivity index (χ4n) is 4.58. The molecule has 0 bridgehead atoms. The number of nitrogens with zero attached hydrogens (tertiary/aromatic N) is 6. The Bertz CT molecular complexity index is 1090. The van der Waals surface area contributed by atoms with Crippen LogP contribution in [-0.4, -0.2) is 66.0 Å². The summed E-state index contributed by atoms with van der Waals surface area (Å²) in [7, 11) is 3.02. The van der Waals surface area contributed by atoms with Gasteiger partial charge in [-0.05, 0) is 32.1 Å². The molecule has 0 N–H and O–H groups in total. The molecule has 2 fully saturated rings. The third-order valence-corrected chi connectivity index (χ3v) is 6.28. The van der Waals surface area contributed by atoms with E-state index in [0.717, 1.165) is 43.3 Å². The molecular formula is C20H28N6O4. The van der Waals surface area contributed by atoms with E-state index in [2.05, 4.69) is 4.98 Å². The van der Waals surface area contributed by atoms with E-state index in [1.165, 1.54) is 17.9 Å². The minimum absolute atomic E-state index is 0.0187. The summed E-state index contributed by atoms with van der Waals surface area (Å²) in [5.74, 6) is 0.0677. The molecule has 10 nitrogen and oxygen atoms in total. The lowest BCUT2D eigenvalue weighted by Gasteiger charge is -2.27. The van der Waals surface area contributed by atoms with Gasteiger partial charge in [-0.1, -0.05) is 0 Å². The van der Waals surface area contributed by atoms with Crippen LogP contribution in [0.2, 0.25) is 0 Å². The quantitative estimate of drug-likeness (QED) is 0.673. The second-order valence-electron chi connectivity index (χ2n) is 8.20. The topological polar surface area (TPSA) is 102 Å². The van der Waals surface area contributed by atoms with Crippen LogP contribution in [0.25, 0.3) is 11.2 Å². The van der Waals surface area contributed by atoms with Crippen LogP contribution < -0.4 is 11.2 Å². The fraction of sp³-hybridized carbons (Fsp3) is 0.650. The molecule has 4 heterocycles. The summed E-state index contributed by atoms with van der Waals surface area (Å²) in [6.45, 7) is 2.65. The molecule has 0 unspecified atom stereocenters. The highest BCUT2D eigenvalue weighted by molar-refractivity contribution is 5.88. The largest absolute Gasteiger partial charge is 0.341 e. The Morgan fingerprint density at radius 3 is 2.53 bits per heavy atom. The highest BCUT2D eigenvalue weighted by Gasteiger charge is 2.36. The molecule has 2 aromatic heterocycles. The molecule has 1 atom stereocenters. The summed E-state index contributed by atoms with van der Waals surface area (Å²) < 4.78 is 4.10. The number of hydrogen-bond donors (Lipinski definition) is 0. The Labute approximate surface area is 173 Å². The molecule has 2 aliphatic heterocycles. The van der Waals surface area contributed by atoms with Gasteiger partial charge in [0.25, 0.3) is 5.56 Å². The molecule has 2 amide bonds. The van der Waals surface area contributed by atoms with E-state index in [-0.39, 0.29) is 17.9 Å². The van der Waals surface area contributed by atoms with E-state index < -0.39 is 11.2 Å². The van der Waals surface area contributed by atoms with Crippen LogP contribution in [0.1, 0.15) is 38.5 Å². The number of likely N-dealkylation sites (tertiary alicyclic amines) is 2. The summed E-state index contributed by atoms with van der Waals surface area (Å²) in [6, 6.07) is -0.327. The van der Waals surface area contributed by atoms with Crippen molar-refractivity contribution >= 4 is 23.0 Å². The molecule has 0 radical (unpaired) electrons. The maximum Gasteiger partial charge on any atom is 0.332 e. The Hall–Kier alpha value is -2.91. The van der Waals surface area contributed by atoms with Crippen molar-refractivity contribution in [3.05, 3.63) is 27.2 Å². The van der Waals surface area contributed by atoms with Gasteiger partial charge < -0.3 is 14.4 Å². The Kier molecular flexibility index (Phi) is 5.48. The van der Waals surface area contributed by atoms with E-state index in [1.54, 1.807) is 16.5 Å². The van der Waals surface area contributed by atoms with Crippen molar-refractivity contribution in [2.75, 3.05) is 19.6 Å². The number of rotatable bonds is 5. The summed E-state index contributed by atoms with van der Waals surface area (Å²) >= 11 is 0. The van der Waals surface area contributed by atoms with Crippen LogP contribution >= 0.6 is 0 Å². The van der Waals surface area contributed by atoms with Crippen LogP contribution in [0.3, 0.4) is 0 Å². The first-order valence-electron chi connectivity index (χ1n) is 10.6. The number of aromatic nitrogens is 4. The first-order valence-corrected chi connectivity index (χ1v) is 10.6. The zero-order valence-electron chi connectivity index (χ0n) is 17.5. The Morgan fingerprint density at radius 1 is 1.07 bits per heavy atom. The molecule has 4 rings (SSSR count). The number of hydrogen-bond acceptors (Lipinski definition) is 5. The number of amides is 2. The van der Waals surface area contributed by atoms with Crippen LogP contribution in [0.15, 0.2) is 15.9 Å². The third kappa shape index (κ3) is 3.44. The molecular weight excluding hydrogens is 388 g/mol. The van der Waals surface area contributed by atoms with Gasteiger partial charge in [-0.25, -0.2) is 9.78 Å². The Morgan fingerprint density at radius 2 is 1.80 bits per heavy atom. The lowest BCUT2D eigenvalue weighted by molar-refractivity contribution is -0.143. The van der Waals surface area contributed by atoms with Gasteiger partial charge in [0, 0.05) is 46.7 Å². The first kappa shape index (κ1) is 20.4. The van der Waals surface area contributed by atoms with Crippen molar-refractivity contribution in [1.29, 1.82) is 0 Å². The van der Waals surface area contributed by atoms with Crippen molar-refractivity contribution in [2.24, 2.45) is 14.1 Å².